The van der Waals surface area contributed by atoms with Gasteiger partial charge in [-0.15, -0.1) is 0 Å². The molecule has 1 aliphatic carbocycles. The Morgan fingerprint density at radius 1 is 1.25 bits per heavy atom. The van der Waals surface area contributed by atoms with E-state index in [9.17, 15) is 4.79 Å². The lowest BCUT2D eigenvalue weighted by Crippen LogP contribution is -2.20. The number of carbonyl (C=O) groups is 1. The summed E-state index contributed by atoms with van der Waals surface area (Å²) >= 11 is 0. The average molecular weight is 274 g/mol. The third-order valence-corrected chi connectivity index (χ3v) is 3.50. The van der Waals surface area contributed by atoms with E-state index in [1.807, 2.05) is 37.3 Å². The maximum atomic E-state index is 11.9. The highest BCUT2D eigenvalue weighted by atomic mass is 16.5. The Morgan fingerprint density at radius 3 is 2.75 bits per heavy atom. The van der Waals surface area contributed by atoms with Gasteiger partial charge in [0.1, 0.15) is 0 Å². The quantitative estimate of drug-likeness (QED) is 0.714. The molecule has 0 spiro atoms. The molecule has 0 radical (unpaired) electrons. The zero-order chi connectivity index (χ0) is 14.2. The summed E-state index contributed by atoms with van der Waals surface area (Å²) < 4.78 is 11.0. The van der Waals surface area contributed by atoms with Crippen LogP contribution in [0.2, 0.25) is 0 Å². The normalized spacial score (nSPS) is 18.8. The fraction of sp³-hybridized carbons (Fsp3) is 0.471. The van der Waals surface area contributed by atoms with E-state index in [4.69, 9.17) is 9.47 Å². The van der Waals surface area contributed by atoms with Crippen LogP contribution in [0, 0.1) is 5.92 Å². The zero-order valence-corrected chi connectivity index (χ0v) is 12.0. The fourth-order valence-corrected chi connectivity index (χ4v) is 2.38. The van der Waals surface area contributed by atoms with Crippen LogP contribution in [0.1, 0.15) is 31.7 Å². The van der Waals surface area contributed by atoms with Gasteiger partial charge in [-0.2, -0.15) is 0 Å². The van der Waals surface area contributed by atoms with Crippen molar-refractivity contribution in [2.45, 2.75) is 32.8 Å². The molecule has 0 saturated carbocycles. The van der Waals surface area contributed by atoms with Gasteiger partial charge in [0.2, 0.25) is 0 Å². The first-order valence-corrected chi connectivity index (χ1v) is 7.28. The highest BCUT2D eigenvalue weighted by Gasteiger charge is 2.22. The molecular weight excluding hydrogens is 252 g/mol. The minimum absolute atomic E-state index is 0.0926. The summed E-state index contributed by atoms with van der Waals surface area (Å²) in [5.41, 5.74) is 1.17. The Hall–Kier alpha value is -1.61. The van der Waals surface area contributed by atoms with Gasteiger partial charge in [-0.25, -0.2) is 0 Å². The van der Waals surface area contributed by atoms with E-state index in [1.54, 1.807) is 6.08 Å². The molecule has 0 amide bonds. The average Bonchev–Trinajstić information content (AvgIpc) is 2.47. The van der Waals surface area contributed by atoms with Crippen molar-refractivity contribution in [1.82, 2.24) is 0 Å². The van der Waals surface area contributed by atoms with Crippen LogP contribution in [0.4, 0.5) is 0 Å². The van der Waals surface area contributed by atoms with Gasteiger partial charge in [0.05, 0.1) is 19.0 Å². The maximum Gasteiger partial charge on any atom is 0.162 e. The first-order valence-electron chi connectivity index (χ1n) is 7.28. The van der Waals surface area contributed by atoms with Crippen molar-refractivity contribution in [3.05, 3.63) is 47.7 Å². The third-order valence-electron chi connectivity index (χ3n) is 3.50. The number of ketones is 1. The van der Waals surface area contributed by atoms with Gasteiger partial charge >= 0.3 is 0 Å². The molecule has 1 aliphatic rings. The predicted molar refractivity (Wildman–Crippen MR) is 78.2 cm³/mol. The number of allylic oxidation sites excluding steroid dienone is 2. The molecule has 20 heavy (non-hydrogen) atoms. The van der Waals surface area contributed by atoms with E-state index in [1.165, 1.54) is 5.56 Å². The van der Waals surface area contributed by atoms with Gasteiger partial charge < -0.3 is 9.47 Å². The topological polar surface area (TPSA) is 35.5 Å². The van der Waals surface area contributed by atoms with E-state index < -0.39 is 0 Å². The molecule has 1 aromatic rings. The Morgan fingerprint density at radius 2 is 2.05 bits per heavy atom. The zero-order valence-electron chi connectivity index (χ0n) is 12.0. The molecule has 1 atom stereocenters. The number of hydrogen-bond acceptors (Lipinski definition) is 3. The second kappa shape index (κ2) is 7.85. The van der Waals surface area contributed by atoms with Crippen molar-refractivity contribution in [2.24, 2.45) is 5.92 Å². The molecule has 3 heteroatoms. The van der Waals surface area contributed by atoms with Crippen LogP contribution in [-0.4, -0.2) is 19.0 Å². The van der Waals surface area contributed by atoms with Crippen molar-refractivity contribution in [2.75, 3.05) is 13.2 Å². The summed E-state index contributed by atoms with van der Waals surface area (Å²) in [6.45, 7) is 3.81. The van der Waals surface area contributed by atoms with Gasteiger partial charge in [0, 0.05) is 25.0 Å². The lowest BCUT2D eigenvalue weighted by atomic mass is 9.89. The highest BCUT2D eigenvalue weighted by molar-refractivity contribution is 5.92. The van der Waals surface area contributed by atoms with Crippen LogP contribution in [0.15, 0.2) is 42.2 Å². The van der Waals surface area contributed by atoms with Crippen LogP contribution >= 0.6 is 0 Å². The minimum atomic E-state index is 0.0926. The molecule has 1 aromatic carbocycles. The van der Waals surface area contributed by atoms with Crippen LogP contribution in [0.5, 0.6) is 0 Å². The lowest BCUT2D eigenvalue weighted by Gasteiger charge is -2.20. The molecule has 0 heterocycles. The van der Waals surface area contributed by atoms with Crippen molar-refractivity contribution in [3.8, 4) is 0 Å². The second-order valence-electron chi connectivity index (χ2n) is 5.01. The minimum Gasteiger partial charge on any atom is -0.498 e. The van der Waals surface area contributed by atoms with E-state index in [0.29, 0.717) is 19.8 Å². The van der Waals surface area contributed by atoms with Crippen molar-refractivity contribution in [1.29, 1.82) is 0 Å². The molecule has 0 fully saturated rings. The van der Waals surface area contributed by atoms with E-state index in [2.05, 4.69) is 0 Å². The molecule has 0 aromatic heterocycles. The van der Waals surface area contributed by atoms with Gasteiger partial charge in [-0.1, -0.05) is 30.3 Å². The molecule has 108 valence electrons. The summed E-state index contributed by atoms with van der Waals surface area (Å²) in [5.74, 6) is 1.11. The Labute approximate surface area is 120 Å². The Bertz CT molecular complexity index is 451. The molecule has 0 saturated heterocycles. The Balaban J connectivity index is 1.69. The molecule has 3 nitrogen and oxygen atoms in total. The highest BCUT2D eigenvalue weighted by Crippen LogP contribution is 2.24. The fourth-order valence-electron chi connectivity index (χ4n) is 2.38. The molecule has 0 aliphatic heterocycles. The summed E-state index contributed by atoms with van der Waals surface area (Å²) in [6.07, 6.45) is 4.19. The summed E-state index contributed by atoms with van der Waals surface area (Å²) in [6, 6.07) is 10.1. The standard InChI is InChI=1S/C17H22O3/c1-2-20-16-9-8-15(17(18)12-16)10-11-19-13-14-6-4-3-5-7-14/h3-7,12,15H,2,8-11,13H2,1H3/t15-/m0/s1. The number of rotatable bonds is 7. The summed E-state index contributed by atoms with van der Waals surface area (Å²) in [5, 5.41) is 0. The summed E-state index contributed by atoms with van der Waals surface area (Å²) in [4.78, 5) is 11.9. The smallest absolute Gasteiger partial charge is 0.162 e. The second-order valence-corrected chi connectivity index (χ2v) is 5.01. The number of ether oxygens (including phenoxy) is 2. The monoisotopic (exact) mass is 274 g/mol. The van der Waals surface area contributed by atoms with Crippen LogP contribution in [-0.2, 0) is 20.9 Å². The van der Waals surface area contributed by atoms with Gasteiger partial charge in [0.15, 0.2) is 5.78 Å². The Kier molecular flexibility index (Phi) is 5.81. The lowest BCUT2D eigenvalue weighted by molar-refractivity contribution is -0.119. The molecule has 0 bridgehead atoms. The van der Waals surface area contributed by atoms with Crippen molar-refractivity contribution in [3.63, 3.8) is 0 Å². The first kappa shape index (κ1) is 14.8. The van der Waals surface area contributed by atoms with Gasteiger partial charge in [0.25, 0.3) is 0 Å². The van der Waals surface area contributed by atoms with E-state index in [0.717, 1.165) is 25.0 Å². The van der Waals surface area contributed by atoms with Crippen LogP contribution in [0.3, 0.4) is 0 Å². The van der Waals surface area contributed by atoms with E-state index in [-0.39, 0.29) is 11.7 Å². The van der Waals surface area contributed by atoms with E-state index >= 15 is 0 Å². The number of benzene rings is 1. The molecule has 0 unspecified atom stereocenters. The SMILES string of the molecule is CCOC1=CC(=O)[C@H](CCOCc2ccccc2)CC1. The van der Waals surface area contributed by atoms with Gasteiger partial charge in [-0.05, 0) is 25.3 Å². The third kappa shape index (κ3) is 4.49. The van der Waals surface area contributed by atoms with Crippen molar-refractivity contribution < 1.29 is 14.3 Å². The first-order chi connectivity index (χ1) is 9.79. The molecule has 2 rings (SSSR count). The van der Waals surface area contributed by atoms with Gasteiger partial charge in [-0.3, -0.25) is 4.79 Å². The summed E-state index contributed by atoms with van der Waals surface area (Å²) in [7, 11) is 0. The molecule has 0 N–H and O–H groups in total. The predicted octanol–water partition coefficient (Wildman–Crippen LogP) is 3.49. The largest absolute Gasteiger partial charge is 0.498 e. The van der Waals surface area contributed by atoms with Crippen LogP contribution in [0.25, 0.3) is 0 Å². The maximum absolute atomic E-state index is 11.9. The van der Waals surface area contributed by atoms with Crippen molar-refractivity contribution >= 4 is 5.78 Å². The molecular formula is C17H22O3. The number of hydrogen-bond donors (Lipinski definition) is 0. The number of carbonyl (C=O) groups excluding carboxylic acids is 1. The van der Waals surface area contributed by atoms with Crippen LogP contribution < -0.4 is 0 Å².